The Morgan fingerprint density at radius 2 is 2.40 bits per heavy atom. The first-order valence-corrected chi connectivity index (χ1v) is 6.28. The van der Waals surface area contributed by atoms with Crippen molar-refractivity contribution in [2.45, 2.75) is 13.0 Å². The number of hydrogen-bond acceptors (Lipinski definition) is 4. The van der Waals surface area contributed by atoms with Gasteiger partial charge in [-0.15, -0.1) is 5.10 Å². The molecular formula is C10H17N3OS. The minimum Gasteiger partial charge on any atom is -0.480 e. The summed E-state index contributed by atoms with van der Waals surface area (Å²) in [6, 6.07) is 0.382. The molecule has 0 bridgehead atoms. The molecule has 1 fully saturated rings. The van der Waals surface area contributed by atoms with Gasteiger partial charge in [-0.05, 0) is 6.92 Å². The van der Waals surface area contributed by atoms with Crippen LogP contribution in [0.5, 0.6) is 5.88 Å². The summed E-state index contributed by atoms with van der Waals surface area (Å²) < 4.78 is 7.20. The van der Waals surface area contributed by atoms with Crippen LogP contribution in [0.3, 0.4) is 0 Å². The van der Waals surface area contributed by atoms with Gasteiger partial charge in [-0.3, -0.25) is 4.68 Å². The number of nitrogens with zero attached hydrogens (tertiary/aromatic N) is 2. The molecule has 2 heterocycles. The molecule has 1 atom stereocenters. The fraction of sp³-hybridized carbons (Fsp3) is 0.700. The molecule has 15 heavy (non-hydrogen) atoms. The zero-order valence-electron chi connectivity index (χ0n) is 9.41. The molecule has 1 aliphatic rings. The van der Waals surface area contributed by atoms with E-state index < -0.39 is 0 Å². The molecule has 2 rings (SSSR count). The second kappa shape index (κ2) is 4.45. The number of nitrogens with one attached hydrogen (secondary N) is 1. The van der Waals surface area contributed by atoms with E-state index in [2.05, 4.69) is 17.3 Å². The average Bonchev–Trinajstić information content (AvgIpc) is 2.56. The predicted molar refractivity (Wildman–Crippen MR) is 62.6 cm³/mol. The summed E-state index contributed by atoms with van der Waals surface area (Å²) >= 11 is 1.98. The summed E-state index contributed by atoms with van der Waals surface area (Å²) in [4.78, 5) is 0. The van der Waals surface area contributed by atoms with Gasteiger partial charge < -0.3 is 10.1 Å². The molecule has 84 valence electrons. The van der Waals surface area contributed by atoms with Crippen molar-refractivity contribution in [1.29, 1.82) is 0 Å². The highest BCUT2D eigenvalue weighted by atomic mass is 32.2. The van der Waals surface area contributed by atoms with E-state index >= 15 is 0 Å². The van der Waals surface area contributed by atoms with Crippen LogP contribution in [-0.4, -0.2) is 34.9 Å². The average molecular weight is 227 g/mol. The Labute approximate surface area is 94.4 Å². The molecule has 1 aromatic rings. The van der Waals surface area contributed by atoms with Crippen molar-refractivity contribution in [2.24, 2.45) is 7.05 Å². The van der Waals surface area contributed by atoms with Crippen molar-refractivity contribution in [3.05, 3.63) is 11.3 Å². The van der Waals surface area contributed by atoms with Crippen LogP contribution in [0.15, 0.2) is 0 Å². The molecule has 5 heteroatoms. The van der Waals surface area contributed by atoms with Crippen molar-refractivity contribution in [3.63, 3.8) is 0 Å². The van der Waals surface area contributed by atoms with Gasteiger partial charge in [0.2, 0.25) is 5.88 Å². The number of methoxy groups -OCH3 is 1. The van der Waals surface area contributed by atoms with Gasteiger partial charge in [0.15, 0.2) is 0 Å². The Hall–Kier alpha value is -0.680. The summed E-state index contributed by atoms with van der Waals surface area (Å²) in [5, 5.41) is 7.86. The predicted octanol–water partition coefficient (Wildman–Crippen LogP) is 1.11. The second-order valence-electron chi connectivity index (χ2n) is 3.71. The lowest BCUT2D eigenvalue weighted by Gasteiger charge is -2.23. The van der Waals surface area contributed by atoms with E-state index in [-0.39, 0.29) is 0 Å². The third-order valence-corrected chi connectivity index (χ3v) is 3.87. The van der Waals surface area contributed by atoms with Gasteiger partial charge in [0.25, 0.3) is 0 Å². The largest absolute Gasteiger partial charge is 0.480 e. The summed E-state index contributed by atoms with van der Waals surface area (Å²) in [5.41, 5.74) is 2.40. The fourth-order valence-corrected chi connectivity index (χ4v) is 2.85. The van der Waals surface area contributed by atoms with E-state index in [1.807, 2.05) is 23.5 Å². The van der Waals surface area contributed by atoms with E-state index in [1.165, 1.54) is 17.0 Å². The Kier molecular flexibility index (Phi) is 3.21. The molecule has 1 N–H and O–H groups in total. The maximum atomic E-state index is 5.32. The van der Waals surface area contributed by atoms with Gasteiger partial charge in [-0.1, -0.05) is 0 Å². The molecule has 0 saturated carbocycles. The van der Waals surface area contributed by atoms with Gasteiger partial charge in [-0.25, -0.2) is 0 Å². The summed E-state index contributed by atoms with van der Waals surface area (Å²) in [7, 11) is 3.64. The fourth-order valence-electron chi connectivity index (χ4n) is 1.90. The van der Waals surface area contributed by atoms with Gasteiger partial charge in [0.1, 0.15) is 0 Å². The van der Waals surface area contributed by atoms with Gasteiger partial charge >= 0.3 is 0 Å². The van der Waals surface area contributed by atoms with E-state index in [1.54, 1.807) is 7.11 Å². The Bertz CT molecular complexity index is 345. The van der Waals surface area contributed by atoms with Crippen molar-refractivity contribution in [3.8, 4) is 5.88 Å². The highest BCUT2D eigenvalue weighted by Crippen LogP contribution is 2.31. The van der Waals surface area contributed by atoms with Gasteiger partial charge in [-0.2, -0.15) is 11.8 Å². The number of hydrogen-bond donors (Lipinski definition) is 1. The Morgan fingerprint density at radius 1 is 1.60 bits per heavy atom. The molecule has 0 aliphatic carbocycles. The molecule has 1 saturated heterocycles. The van der Waals surface area contributed by atoms with Gasteiger partial charge in [0, 0.05) is 36.8 Å². The zero-order valence-corrected chi connectivity index (χ0v) is 10.2. The molecule has 0 amide bonds. The Balaban J connectivity index is 2.31. The topological polar surface area (TPSA) is 39.1 Å². The van der Waals surface area contributed by atoms with Crippen molar-refractivity contribution in [1.82, 2.24) is 15.1 Å². The Morgan fingerprint density at radius 3 is 3.00 bits per heavy atom. The monoisotopic (exact) mass is 227 g/mol. The maximum absolute atomic E-state index is 5.32. The van der Waals surface area contributed by atoms with Crippen LogP contribution in [0, 0.1) is 6.92 Å². The van der Waals surface area contributed by atoms with Crippen molar-refractivity contribution < 1.29 is 4.74 Å². The maximum Gasteiger partial charge on any atom is 0.237 e. The van der Waals surface area contributed by atoms with Crippen LogP contribution in [-0.2, 0) is 7.05 Å². The van der Waals surface area contributed by atoms with E-state index in [0.29, 0.717) is 6.04 Å². The molecule has 1 aromatic heterocycles. The quantitative estimate of drug-likeness (QED) is 0.821. The molecule has 0 spiro atoms. The summed E-state index contributed by atoms with van der Waals surface area (Å²) in [5.74, 6) is 3.05. The summed E-state index contributed by atoms with van der Waals surface area (Å²) in [6.45, 7) is 3.15. The van der Waals surface area contributed by atoms with E-state index in [9.17, 15) is 0 Å². The van der Waals surface area contributed by atoms with Crippen molar-refractivity contribution in [2.75, 3.05) is 25.2 Å². The molecule has 1 aliphatic heterocycles. The number of ether oxygens (including phenoxy) is 1. The normalized spacial score (nSPS) is 21.7. The zero-order chi connectivity index (χ0) is 10.8. The van der Waals surface area contributed by atoms with Gasteiger partial charge in [0.05, 0.1) is 12.7 Å². The third kappa shape index (κ3) is 1.99. The minimum atomic E-state index is 0.382. The van der Waals surface area contributed by atoms with Crippen LogP contribution >= 0.6 is 11.8 Å². The smallest absolute Gasteiger partial charge is 0.237 e. The number of rotatable bonds is 2. The SMILES string of the molecule is COc1nn(C)c(C)c1C1CSCCN1. The first-order valence-electron chi connectivity index (χ1n) is 5.12. The molecule has 1 unspecified atom stereocenters. The standard InChI is InChI=1S/C10H17N3OS/c1-7-9(8-6-15-5-4-11-8)10(14-3)12-13(7)2/h8,11H,4-6H2,1-3H3. The second-order valence-corrected chi connectivity index (χ2v) is 4.86. The first kappa shape index (κ1) is 10.8. The highest BCUT2D eigenvalue weighted by molar-refractivity contribution is 7.99. The van der Waals surface area contributed by atoms with E-state index in [0.717, 1.165) is 18.2 Å². The van der Waals surface area contributed by atoms with Crippen LogP contribution < -0.4 is 10.1 Å². The van der Waals surface area contributed by atoms with Crippen molar-refractivity contribution >= 4 is 11.8 Å². The molecule has 0 radical (unpaired) electrons. The van der Waals surface area contributed by atoms with Crippen LogP contribution in [0.4, 0.5) is 0 Å². The van der Waals surface area contributed by atoms with Crippen LogP contribution in [0.2, 0.25) is 0 Å². The minimum absolute atomic E-state index is 0.382. The lowest BCUT2D eigenvalue weighted by molar-refractivity contribution is 0.382. The number of thioether (sulfide) groups is 1. The van der Waals surface area contributed by atoms with E-state index in [4.69, 9.17) is 4.74 Å². The number of aryl methyl sites for hydroxylation is 1. The van der Waals surface area contributed by atoms with Crippen LogP contribution in [0.1, 0.15) is 17.3 Å². The highest BCUT2D eigenvalue weighted by Gasteiger charge is 2.24. The first-order chi connectivity index (χ1) is 7.24. The molecule has 0 aromatic carbocycles. The number of aromatic nitrogens is 2. The molecular weight excluding hydrogens is 210 g/mol. The summed E-state index contributed by atoms with van der Waals surface area (Å²) in [6.07, 6.45) is 0. The third-order valence-electron chi connectivity index (χ3n) is 2.81. The lowest BCUT2D eigenvalue weighted by Crippen LogP contribution is -2.30. The molecule has 4 nitrogen and oxygen atoms in total. The lowest BCUT2D eigenvalue weighted by atomic mass is 10.1. The van der Waals surface area contributed by atoms with Crippen LogP contribution in [0.25, 0.3) is 0 Å².